The van der Waals surface area contributed by atoms with E-state index < -0.39 is 0 Å². The molecule has 2 bridgehead atoms. The maximum absolute atomic E-state index is 5.28. The molecule has 0 N–H and O–H groups in total. The van der Waals surface area contributed by atoms with Crippen molar-refractivity contribution in [3.8, 4) is 5.75 Å². The summed E-state index contributed by atoms with van der Waals surface area (Å²) >= 11 is 0. The van der Waals surface area contributed by atoms with Gasteiger partial charge in [0, 0.05) is 36.9 Å². The summed E-state index contributed by atoms with van der Waals surface area (Å²) in [6, 6.07) is 9.84. The minimum atomic E-state index is 0.696. The summed E-state index contributed by atoms with van der Waals surface area (Å²) in [4.78, 5) is 4.99. The van der Waals surface area contributed by atoms with Crippen molar-refractivity contribution >= 4 is 5.69 Å². The number of ether oxygens (including phenoxy) is 1. The molecule has 3 nitrogen and oxygen atoms in total. The predicted molar refractivity (Wildman–Crippen MR) is 65.2 cm³/mol. The lowest BCUT2D eigenvalue weighted by molar-refractivity contribution is 0.292. The highest BCUT2D eigenvalue weighted by molar-refractivity contribution is 5.53. The van der Waals surface area contributed by atoms with Gasteiger partial charge in [0.2, 0.25) is 0 Å². The molecule has 3 rings (SSSR count). The third-order valence-electron chi connectivity index (χ3n) is 3.90. The number of piperazine rings is 1. The molecule has 1 aromatic rings. The third-order valence-corrected chi connectivity index (χ3v) is 3.90. The number of likely N-dealkylation sites (N-methyl/N-ethyl adjacent to an activating group) is 1. The molecule has 2 atom stereocenters. The smallest absolute Gasteiger partial charge is 0.120 e. The molecule has 3 heteroatoms. The summed E-state index contributed by atoms with van der Waals surface area (Å²) in [6.45, 7) is 2.36. The van der Waals surface area contributed by atoms with Crippen molar-refractivity contribution in [2.24, 2.45) is 0 Å². The molecule has 2 fully saturated rings. The average molecular weight is 218 g/mol. The SMILES string of the molecule is COc1cccc(N2CC3CC2CN3C)c1. The monoisotopic (exact) mass is 218 g/mol. The fraction of sp³-hybridized carbons (Fsp3) is 0.538. The fourth-order valence-electron chi connectivity index (χ4n) is 2.97. The van der Waals surface area contributed by atoms with E-state index in [4.69, 9.17) is 4.74 Å². The van der Waals surface area contributed by atoms with Gasteiger partial charge >= 0.3 is 0 Å². The molecule has 0 spiro atoms. The minimum Gasteiger partial charge on any atom is -0.497 e. The summed E-state index contributed by atoms with van der Waals surface area (Å²) in [6.07, 6.45) is 1.31. The van der Waals surface area contributed by atoms with Gasteiger partial charge in [-0.05, 0) is 25.6 Å². The summed E-state index contributed by atoms with van der Waals surface area (Å²) < 4.78 is 5.28. The van der Waals surface area contributed by atoms with Crippen LogP contribution in [-0.2, 0) is 0 Å². The Bertz CT molecular complexity index is 391. The number of nitrogens with zero attached hydrogens (tertiary/aromatic N) is 2. The van der Waals surface area contributed by atoms with E-state index in [9.17, 15) is 0 Å². The van der Waals surface area contributed by atoms with Gasteiger partial charge in [-0.1, -0.05) is 6.07 Å². The van der Waals surface area contributed by atoms with Crippen LogP contribution < -0.4 is 9.64 Å². The second kappa shape index (κ2) is 3.67. The van der Waals surface area contributed by atoms with Crippen LogP contribution in [0.5, 0.6) is 5.75 Å². The number of fused-ring (bicyclic) bond motifs is 2. The molecule has 2 aliphatic rings. The van der Waals surface area contributed by atoms with E-state index >= 15 is 0 Å². The van der Waals surface area contributed by atoms with Crippen LogP contribution in [0.2, 0.25) is 0 Å². The van der Waals surface area contributed by atoms with E-state index in [2.05, 4.69) is 35.0 Å². The molecule has 0 radical (unpaired) electrons. The van der Waals surface area contributed by atoms with Gasteiger partial charge < -0.3 is 9.64 Å². The largest absolute Gasteiger partial charge is 0.497 e. The zero-order valence-electron chi connectivity index (χ0n) is 9.89. The van der Waals surface area contributed by atoms with Gasteiger partial charge in [0.05, 0.1) is 7.11 Å². The van der Waals surface area contributed by atoms with Crippen LogP contribution in [0.1, 0.15) is 6.42 Å². The van der Waals surface area contributed by atoms with Crippen LogP contribution in [0.3, 0.4) is 0 Å². The highest BCUT2D eigenvalue weighted by Crippen LogP contribution is 2.34. The Kier molecular flexibility index (Phi) is 2.28. The Morgan fingerprint density at radius 1 is 1.25 bits per heavy atom. The van der Waals surface area contributed by atoms with Crippen LogP contribution in [0, 0.1) is 0 Å². The quantitative estimate of drug-likeness (QED) is 0.749. The molecule has 16 heavy (non-hydrogen) atoms. The van der Waals surface area contributed by atoms with E-state index in [-0.39, 0.29) is 0 Å². The zero-order valence-corrected chi connectivity index (χ0v) is 9.89. The molecule has 1 aromatic carbocycles. The van der Waals surface area contributed by atoms with Gasteiger partial charge in [0.1, 0.15) is 5.75 Å². The van der Waals surface area contributed by atoms with Crippen molar-refractivity contribution < 1.29 is 4.74 Å². The second-order valence-corrected chi connectivity index (χ2v) is 4.84. The zero-order chi connectivity index (χ0) is 11.1. The Hall–Kier alpha value is -1.22. The molecule has 2 saturated heterocycles. The molecule has 0 saturated carbocycles. The molecule has 2 aliphatic heterocycles. The molecule has 86 valence electrons. The van der Waals surface area contributed by atoms with E-state index in [1.165, 1.54) is 18.7 Å². The van der Waals surface area contributed by atoms with Gasteiger partial charge in [-0.3, -0.25) is 4.90 Å². The van der Waals surface area contributed by atoms with Crippen LogP contribution in [0.25, 0.3) is 0 Å². The number of methoxy groups -OCH3 is 1. The van der Waals surface area contributed by atoms with Crippen LogP contribution in [0.4, 0.5) is 5.69 Å². The van der Waals surface area contributed by atoms with Crippen LogP contribution in [-0.4, -0.2) is 44.2 Å². The first-order chi connectivity index (χ1) is 7.78. The standard InChI is InChI=1S/C13H18N2O/c1-14-8-12-6-11(14)9-15(12)10-4-3-5-13(7-10)16-2/h3-5,7,11-12H,6,8-9H2,1-2H3. The summed E-state index contributed by atoms with van der Waals surface area (Å²) in [5.74, 6) is 0.952. The lowest BCUT2D eigenvalue weighted by Gasteiger charge is -2.33. The molecule has 0 amide bonds. The molecule has 2 heterocycles. The summed E-state index contributed by atoms with van der Waals surface area (Å²) in [5, 5.41) is 0. The first-order valence-electron chi connectivity index (χ1n) is 5.89. The number of benzene rings is 1. The highest BCUT2D eigenvalue weighted by atomic mass is 16.5. The van der Waals surface area contributed by atoms with Crippen LogP contribution in [0.15, 0.2) is 24.3 Å². The number of anilines is 1. The van der Waals surface area contributed by atoms with Crippen molar-refractivity contribution in [2.75, 3.05) is 32.1 Å². The molecular formula is C13H18N2O. The van der Waals surface area contributed by atoms with Crippen molar-refractivity contribution in [2.45, 2.75) is 18.5 Å². The van der Waals surface area contributed by atoms with Gasteiger partial charge in [-0.2, -0.15) is 0 Å². The van der Waals surface area contributed by atoms with Gasteiger partial charge in [-0.15, -0.1) is 0 Å². The Morgan fingerprint density at radius 3 is 2.75 bits per heavy atom. The first-order valence-corrected chi connectivity index (χ1v) is 5.89. The maximum atomic E-state index is 5.28. The van der Waals surface area contributed by atoms with Crippen molar-refractivity contribution in [3.05, 3.63) is 24.3 Å². The van der Waals surface area contributed by atoms with E-state index in [1.807, 2.05) is 6.07 Å². The lowest BCUT2D eigenvalue weighted by Crippen LogP contribution is -2.44. The number of rotatable bonds is 2. The Balaban J connectivity index is 1.83. The minimum absolute atomic E-state index is 0.696. The molecule has 0 aliphatic carbocycles. The fourth-order valence-corrected chi connectivity index (χ4v) is 2.97. The average Bonchev–Trinajstić information content (AvgIpc) is 2.88. The van der Waals surface area contributed by atoms with Gasteiger partial charge in [-0.25, -0.2) is 0 Å². The van der Waals surface area contributed by atoms with E-state index in [1.54, 1.807) is 7.11 Å². The summed E-state index contributed by atoms with van der Waals surface area (Å²) in [7, 11) is 3.95. The van der Waals surface area contributed by atoms with E-state index in [0.717, 1.165) is 18.3 Å². The topological polar surface area (TPSA) is 15.7 Å². The Labute approximate surface area is 96.6 Å². The molecule has 0 aromatic heterocycles. The number of hydrogen-bond acceptors (Lipinski definition) is 3. The summed E-state index contributed by atoms with van der Waals surface area (Å²) in [5.41, 5.74) is 1.31. The van der Waals surface area contributed by atoms with Crippen molar-refractivity contribution in [3.63, 3.8) is 0 Å². The second-order valence-electron chi connectivity index (χ2n) is 4.84. The Morgan fingerprint density at radius 2 is 2.12 bits per heavy atom. The van der Waals surface area contributed by atoms with Gasteiger partial charge in [0.15, 0.2) is 0 Å². The lowest BCUT2D eigenvalue weighted by atomic mass is 10.2. The van der Waals surface area contributed by atoms with Crippen molar-refractivity contribution in [1.82, 2.24) is 4.90 Å². The maximum Gasteiger partial charge on any atom is 0.120 e. The predicted octanol–water partition coefficient (Wildman–Crippen LogP) is 1.59. The van der Waals surface area contributed by atoms with Gasteiger partial charge in [0.25, 0.3) is 0 Å². The number of hydrogen-bond donors (Lipinski definition) is 0. The number of likely N-dealkylation sites (tertiary alicyclic amines) is 1. The van der Waals surface area contributed by atoms with E-state index in [0.29, 0.717) is 6.04 Å². The third kappa shape index (κ3) is 1.47. The first kappa shape index (κ1) is 9.97. The highest BCUT2D eigenvalue weighted by Gasteiger charge is 2.41. The van der Waals surface area contributed by atoms with Crippen molar-refractivity contribution in [1.29, 1.82) is 0 Å². The normalized spacial score (nSPS) is 28.8. The van der Waals surface area contributed by atoms with Crippen LogP contribution >= 0.6 is 0 Å². The molecule has 2 unspecified atom stereocenters. The molecular weight excluding hydrogens is 200 g/mol.